The lowest BCUT2D eigenvalue weighted by Crippen LogP contribution is -2.46. The zero-order valence-corrected chi connectivity index (χ0v) is 17.0. The molecule has 2 aliphatic heterocycles. The highest BCUT2D eigenvalue weighted by molar-refractivity contribution is 9.10. The van der Waals surface area contributed by atoms with Crippen LogP contribution in [-0.4, -0.2) is 36.5 Å². The van der Waals surface area contributed by atoms with Crippen LogP contribution in [0.15, 0.2) is 46.9 Å². The highest BCUT2D eigenvalue weighted by atomic mass is 79.9. The predicted molar refractivity (Wildman–Crippen MR) is 106 cm³/mol. The molecule has 0 spiro atoms. The lowest BCUT2D eigenvalue weighted by atomic mass is 9.91. The third kappa shape index (κ3) is 2.82. The number of anilines is 1. The lowest BCUT2D eigenvalue weighted by molar-refractivity contribution is -0.123. The van der Waals surface area contributed by atoms with E-state index in [4.69, 9.17) is 4.74 Å². The number of carbonyl (C=O) groups excluding carboxylic acids is 1. The second kappa shape index (κ2) is 7.00. The summed E-state index contributed by atoms with van der Waals surface area (Å²) in [6, 6.07) is 12.5. The van der Waals surface area contributed by atoms with Gasteiger partial charge in [-0.2, -0.15) is 0 Å². The maximum Gasteiger partial charge on any atom is 0.241 e. The smallest absolute Gasteiger partial charge is 0.241 e. The van der Waals surface area contributed by atoms with Gasteiger partial charge in [0.15, 0.2) is 5.72 Å². The van der Waals surface area contributed by atoms with E-state index in [-0.39, 0.29) is 24.3 Å². The number of nitrogens with zero attached hydrogens (tertiary/aromatic N) is 2. The first-order chi connectivity index (χ1) is 13.0. The molecule has 4 rings (SSSR count). The van der Waals surface area contributed by atoms with Crippen molar-refractivity contribution in [1.29, 1.82) is 0 Å². The average molecular weight is 433 g/mol. The van der Waals surface area contributed by atoms with Gasteiger partial charge in [0.1, 0.15) is 5.82 Å². The first-order valence-corrected chi connectivity index (χ1v) is 10.0. The fraction of sp³-hybridized carbons (Fsp3) is 0.381. The van der Waals surface area contributed by atoms with E-state index in [0.29, 0.717) is 18.7 Å². The van der Waals surface area contributed by atoms with Crippen LogP contribution in [0.1, 0.15) is 31.4 Å². The zero-order chi connectivity index (χ0) is 19.2. The van der Waals surface area contributed by atoms with E-state index in [1.807, 2.05) is 41.0 Å². The minimum absolute atomic E-state index is 0.0108. The number of rotatable bonds is 3. The Balaban J connectivity index is 2.04. The normalized spacial score (nSPS) is 23.7. The Morgan fingerprint density at radius 3 is 2.78 bits per heavy atom. The summed E-state index contributed by atoms with van der Waals surface area (Å²) >= 11 is 3.55. The van der Waals surface area contributed by atoms with Crippen LogP contribution < -0.4 is 4.90 Å². The van der Waals surface area contributed by atoms with E-state index in [1.165, 1.54) is 6.07 Å². The van der Waals surface area contributed by atoms with Gasteiger partial charge in [0.25, 0.3) is 0 Å². The molecule has 1 saturated heterocycles. The summed E-state index contributed by atoms with van der Waals surface area (Å²) in [5.74, 6) is -0.323. The van der Waals surface area contributed by atoms with Gasteiger partial charge in [0, 0.05) is 28.2 Å². The molecular weight excluding hydrogens is 411 g/mol. The second-order valence-corrected chi connectivity index (χ2v) is 7.99. The van der Waals surface area contributed by atoms with Crippen molar-refractivity contribution in [3.8, 4) is 0 Å². The number of halogens is 2. The van der Waals surface area contributed by atoms with Gasteiger partial charge in [-0.05, 0) is 37.6 Å². The number of hydrogen-bond donors (Lipinski definition) is 0. The van der Waals surface area contributed by atoms with Crippen LogP contribution in [0.2, 0.25) is 0 Å². The van der Waals surface area contributed by atoms with Gasteiger partial charge < -0.3 is 9.64 Å². The summed E-state index contributed by atoms with van der Waals surface area (Å²) in [6.07, 6.45) is 0.828. The van der Waals surface area contributed by atoms with E-state index in [1.54, 1.807) is 12.1 Å². The Labute approximate surface area is 167 Å². The van der Waals surface area contributed by atoms with Gasteiger partial charge in [-0.1, -0.05) is 41.1 Å². The van der Waals surface area contributed by atoms with Gasteiger partial charge in [-0.3, -0.25) is 9.69 Å². The first kappa shape index (κ1) is 18.6. The molecule has 0 aromatic heterocycles. The Kier molecular flexibility index (Phi) is 4.82. The summed E-state index contributed by atoms with van der Waals surface area (Å²) in [5, 5.41) is 0. The molecule has 2 atom stereocenters. The van der Waals surface area contributed by atoms with Gasteiger partial charge >= 0.3 is 0 Å². The molecule has 0 aliphatic carbocycles. The topological polar surface area (TPSA) is 32.8 Å². The van der Waals surface area contributed by atoms with Crippen LogP contribution in [0.5, 0.6) is 0 Å². The molecule has 0 N–H and O–H groups in total. The predicted octanol–water partition coefficient (Wildman–Crippen LogP) is 4.27. The zero-order valence-electron chi connectivity index (χ0n) is 15.4. The van der Waals surface area contributed by atoms with Crippen molar-refractivity contribution in [1.82, 2.24) is 4.90 Å². The van der Waals surface area contributed by atoms with E-state index in [2.05, 4.69) is 22.9 Å². The Bertz CT molecular complexity index is 890. The molecule has 1 fully saturated rings. The van der Waals surface area contributed by atoms with E-state index >= 15 is 0 Å². The maximum atomic E-state index is 14.9. The number of fused-ring (bicyclic) bond motifs is 3. The van der Waals surface area contributed by atoms with Crippen LogP contribution in [-0.2, 0) is 15.3 Å². The second-order valence-electron chi connectivity index (χ2n) is 7.08. The molecule has 0 bridgehead atoms. The van der Waals surface area contributed by atoms with Crippen molar-refractivity contribution in [3.63, 3.8) is 0 Å². The molecular formula is C21H22BrFN2O2. The monoisotopic (exact) mass is 432 g/mol. The lowest BCUT2D eigenvalue weighted by Gasteiger charge is -2.37. The number of amides is 1. The van der Waals surface area contributed by atoms with E-state index < -0.39 is 5.72 Å². The van der Waals surface area contributed by atoms with E-state index in [9.17, 15) is 9.18 Å². The molecule has 6 heteroatoms. The summed E-state index contributed by atoms with van der Waals surface area (Å²) < 4.78 is 22.1. The number of carbonyl (C=O) groups is 1. The minimum Gasteiger partial charge on any atom is -0.350 e. The summed E-state index contributed by atoms with van der Waals surface area (Å²) in [4.78, 5) is 17.0. The SMILES string of the molecule is CCC(C)N1C(=O)CN2CCOC2(c2ccccc2F)c2cc(Br)ccc21. The van der Waals surface area contributed by atoms with Crippen LogP contribution in [0.3, 0.4) is 0 Å². The van der Waals surface area contributed by atoms with Crippen LogP contribution in [0, 0.1) is 5.82 Å². The van der Waals surface area contributed by atoms with Crippen molar-refractivity contribution in [3.05, 3.63) is 63.9 Å². The van der Waals surface area contributed by atoms with Crippen molar-refractivity contribution in [2.75, 3.05) is 24.6 Å². The van der Waals surface area contributed by atoms with Crippen molar-refractivity contribution >= 4 is 27.5 Å². The molecule has 2 aliphatic rings. The largest absolute Gasteiger partial charge is 0.350 e. The third-order valence-electron chi connectivity index (χ3n) is 5.57. The highest BCUT2D eigenvalue weighted by Gasteiger charge is 2.52. The van der Waals surface area contributed by atoms with Crippen molar-refractivity contribution in [2.24, 2.45) is 0 Å². The van der Waals surface area contributed by atoms with E-state index in [0.717, 1.165) is 22.1 Å². The summed E-state index contributed by atoms with van der Waals surface area (Å²) in [5.41, 5.74) is 0.916. The molecule has 4 nitrogen and oxygen atoms in total. The molecule has 2 aromatic rings. The third-order valence-corrected chi connectivity index (χ3v) is 6.06. The highest BCUT2D eigenvalue weighted by Crippen LogP contribution is 2.48. The van der Waals surface area contributed by atoms with Gasteiger partial charge in [0.05, 0.1) is 18.8 Å². The number of ether oxygens (including phenoxy) is 1. The molecule has 2 aromatic carbocycles. The van der Waals surface area contributed by atoms with Crippen LogP contribution in [0.25, 0.3) is 0 Å². The quantitative estimate of drug-likeness (QED) is 0.725. The summed E-state index contributed by atoms with van der Waals surface area (Å²) in [6.45, 7) is 5.30. The fourth-order valence-electron chi connectivity index (χ4n) is 4.15. The first-order valence-electron chi connectivity index (χ1n) is 9.25. The molecule has 2 heterocycles. The number of hydrogen-bond acceptors (Lipinski definition) is 3. The average Bonchev–Trinajstić information content (AvgIpc) is 3.03. The number of benzene rings is 2. The molecule has 0 saturated carbocycles. The van der Waals surface area contributed by atoms with Crippen LogP contribution >= 0.6 is 15.9 Å². The van der Waals surface area contributed by atoms with Gasteiger partial charge in [0.2, 0.25) is 5.91 Å². The van der Waals surface area contributed by atoms with Gasteiger partial charge in [-0.15, -0.1) is 0 Å². The van der Waals surface area contributed by atoms with Crippen molar-refractivity contribution in [2.45, 2.75) is 32.0 Å². The molecule has 27 heavy (non-hydrogen) atoms. The van der Waals surface area contributed by atoms with Crippen molar-refractivity contribution < 1.29 is 13.9 Å². The molecule has 142 valence electrons. The maximum absolute atomic E-state index is 14.9. The fourth-order valence-corrected chi connectivity index (χ4v) is 4.51. The van der Waals surface area contributed by atoms with Gasteiger partial charge in [-0.25, -0.2) is 4.39 Å². The molecule has 2 unspecified atom stereocenters. The Morgan fingerprint density at radius 1 is 1.26 bits per heavy atom. The summed E-state index contributed by atoms with van der Waals surface area (Å²) in [7, 11) is 0. The minimum atomic E-state index is -1.11. The Morgan fingerprint density at radius 2 is 2.04 bits per heavy atom. The van der Waals surface area contributed by atoms with Crippen LogP contribution in [0.4, 0.5) is 10.1 Å². The molecule has 0 radical (unpaired) electrons. The molecule has 1 amide bonds. The Hall–Kier alpha value is -1.76. The standard InChI is InChI=1S/C21H22BrFN2O2/c1-3-14(2)25-19-9-8-15(22)12-17(19)21(16-6-4-5-7-18(16)23)24(10-11-27-21)13-20(25)26/h4-9,12,14H,3,10-11,13H2,1-2H3.